The van der Waals surface area contributed by atoms with Crippen LogP contribution >= 0.6 is 35.0 Å². The summed E-state index contributed by atoms with van der Waals surface area (Å²) in [5.74, 6) is 0.141. The number of H-pyrrole nitrogens is 1. The van der Waals surface area contributed by atoms with Gasteiger partial charge in [-0.15, -0.1) is 5.10 Å². The van der Waals surface area contributed by atoms with E-state index in [2.05, 4.69) is 25.8 Å². The maximum Gasteiger partial charge on any atom is 0.253 e. The van der Waals surface area contributed by atoms with Crippen molar-refractivity contribution in [2.75, 3.05) is 17.6 Å². The Kier molecular flexibility index (Phi) is 6.26. The molecule has 0 spiro atoms. The highest BCUT2D eigenvalue weighted by atomic mass is 35.5. The summed E-state index contributed by atoms with van der Waals surface area (Å²) in [5, 5.41) is 12.7. The number of thioether (sulfide) groups is 1. The van der Waals surface area contributed by atoms with Crippen LogP contribution in [0.4, 0.5) is 5.95 Å². The number of aromatic amines is 1. The van der Waals surface area contributed by atoms with Gasteiger partial charge in [0.25, 0.3) is 5.91 Å². The number of nitrogens with one attached hydrogen (secondary N) is 3. The van der Waals surface area contributed by atoms with Gasteiger partial charge in [0.1, 0.15) is 0 Å². The molecule has 0 aliphatic rings. The van der Waals surface area contributed by atoms with E-state index in [1.54, 1.807) is 6.07 Å². The van der Waals surface area contributed by atoms with Crippen molar-refractivity contribution < 1.29 is 9.59 Å². The summed E-state index contributed by atoms with van der Waals surface area (Å²) in [4.78, 5) is 27.8. The number of benzene rings is 1. The van der Waals surface area contributed by atoms with Crippen LogP contribution in [0.2, 0.25) is 10.0 Å². The zero-order chi connectivity index (χ0) is 16.8. The fourth-order valence-electron chi connectivity index (χ4n) is 1.60. The van der Waals surface area contributed by atoms with E-state index in [0.717, 1.165) is 5.75 Å². The molecular formula is C13H13Cl2N5O2S. The minimum absolute atomic E-state index is 0.215. The van der Waals surface area contributed by atoms with E-state index in [-0.39, 0.29) is 23.1 Å². The van der Waals surface area contributed by atoms with Crippen molar-refractivity contribution in [2.24, 2.45) is 0 Å². The van der Waals surface area contributed by atoms with Crippen molar-refractivity contribution in [2.45, 2.75) is 12.1 Å². The van der Waals surface area contributed by atoms with Gasteiger partial charge >= 0.3 is 0 Å². The van der Waals surface area contributed by atoms with Gasteiger partial charge in [0.15, 0.2) is 0 Å². The number of aromatic nitrogens is 3. The topological polar surface area (TPSA) is 99.8 Å². The lowest BCUT2D eigenvalue weighted by Gasteiger charge is -2.06. The van der Waals surface area contributed by atoms with Crippen LogP contribution in [-0.4, -0.2) is 39.3 Å². The summed E-state index contributed by atoms with van der Waals surface area (Å²) < 4.78 is 0. The normalized spacial score (nSPS) is 10.4. The van der Waals surface area contributed by atoms with Crippen molar-refractivity contribution in [1.82, 2.24) is 20.5 Å². The molecule has 1 heterocycles. The second-order valence-electron chi connectivity index (χ2n) is 4.25. The number of nitrogens with zero attached hydrogens (tertiary/aromatic N) is 2. The average Bonchev–Trinajstić information content (AvgIpc) is 2.92. The molecule has 0 bridgehead atoms. The number of anilines is 1. The van der Waals surface area contributed by atoms with E-state index in [1.165, 1.54) is 23.9 Å². The van der Waals surface area contributed by atoms with Crippen LogP contribution in [0.5, 0.6) is 0 Å². The van der Waals surface area contributed by atoms with Crippen LogP contribution in [0, 0.1) is 0 Å². The highest BCUT2D eigenvalue weighted by molar-refractivity contribution is 7.99. The van der Waals surface area contributed by atoms with E-state index < -0.39 is 11.8 Å². The van der Waals surface area contributed by atoms with Gasteiger partial charge in [-0.05, 0) is 24.0 Å². The lowest BCUT2D eigenvalue weighted by molar-refractivity contribution is -0.115. The van der Waals surface area contributed by atoms with Crippen molar-refractivity contribution in [1.29, 1.82) is 0 Å². The minimum Gasteiger partial charge on any atom is -0.343 e. The third-order valence-corrected chi connectivity index (χ3v) is 3.86. The molecule has 0 radical (unpaired) electrons. The van der Waals surface area contributed by atoms with Crippen molar-refractivity contribution in [3.05, 3.63) is 33.8 Å². The van der Waals surface area contributed by atoms with Crippen LogP contribution < -0.4 is 10.6 Å². The first-order chi connectivity index (χ1) is 11.0. The molecule has 122 valence electrons. The first-order valence-electron chi connectivity index (χ1n) is 6.58. The number of rotatable bonds is 6. The summed E-state index contributed by atoms with van der Waals surface area (Å²) in [6, 6.07) is 4.49. The van der Waals surface area contributed by atoms with Crippen LogP contribution in [-0.2, 0) is 4.79 Å². The molecule has 0 aliphatic heterocycles. The fourth-order valence-corrected chi connectivity index (χ4v) is 2.62. The van der Waals surface area contributed by atoms with Crippen LogP contribution in [0.3, 0.4) is 0 Å². The zero-order valence-corrected chi connectivity index (χ0v) is 14.3. The quantitative estimate of drug-likeness (QED) is 0.675. The Bertz CT molecular complexity index is 722. The number of carbonyl (C=O) groups is 2. The van der Waals surface area contributed by atoms with Crippen molar-refractivity contribution in [3.63, 3.8) is 0 Å². The molecule has 1 aromatic carbocycles. The number of amides is 2. The van der Waals surface area contributed by atoms with E-state index in [0.29, 0.717) is 10.2 Å². The molecule has 0 saturated heterocycles. The Labute approximate surface area is 146 Å². The monoisotopic (exact) mass is 373 g/mol. The van der Waals surface area contributed by atoms with Gasteiger partial charge in [-0.3, -0.25) is 14.9 Å². The molecule has 2 aromatic rings. The van der Waals surface area contributed by atoms with Gasteiger partial charge in [0.05, 0.1) is 17.1 Å². The van der Waals surface area contributed by atoms with Gasteiger partial charge in [0.2, 0.25) is 17.0 Å². The van der Waals surface area contributed by atoms with Gasteiger partial charge in [-0.25, -0.2) is 5.10 Å². The molecule has 23 heavy (non-hydrogen) atoms. The van der Waals surface area contributed by atoms with Gasteiger partial charge < -0.3 is 5.32 Å². The largest absolute Gasteiger partial charge is 0.343 e. The third kappa shape index (κ3) is 5.12. The molecule has 2 amide bonds. The third-order valence-electron chi connectivity index (χ3n) is 2.58. The van der Waals surface area contributed by atoms with Crippen LogP contribution in [0.1, 0.15) is 17.3 Å². The molecule has 0 unspecified atom stereocenters. The highest BCUT2D eigenvalue weighted by Crippen LogP contribution is 2.20. The summed E-state index contributed by atoms with van der Waals surface area (Å²) in [7, 11) is 0. The van der Waals surface area contributed by atoms with Crippen molar-refractivity contribution in [3.8, 4) is 0 Å². The highest BCUT2D eigenvalue weighted by Gasteiger charge is 2.13. The lowest BCUT2D eigenvalue weighted by atomic mass is 10.2. The van der Waals surface area contributed by atoms with Crippen LogP contribution in [0.15, 0.2) is 23.4 Å². The van der Waals surface area contributed by atoms with Gasteiger partial charge in [-0.2, -0.15) is 4.98 Å². The molecule has 1 aromatic heterocycles. The smallest absolute Gasteiger partial charge is 0.253 e. The Morgan fingerprint density at radius 2 is 2.13 bits per heavy atom. The summed E-state index contributed by atoms with van der Waals surface area (Å²) in [6.07, 6.45) is 0. The summed E-state index contributed by atoms with van der Waals surface area (Å²) in [5.41, 5.74) is 0.241. The first-order valence-corrected chi connectivity index (χ1v) is 8.32. The molecule has 3 N–H and O–H groups in total. The second-order valence-corrected chi connectivity index (χ2v) is 6.33. The van der Waals surface area contributed by atoms with Crippen molar-refractivity contribution >= 4 is 52.7 Å². The molecule has 10 heteroatoms. The average molecular weight is 374 g/mol. The van der Waals surface area contributed by atoms with Crippen LogP contribution in [0.25, 0.3) is 0 Å². The standard InChI is InChI=1S/C13H13Cl2N5O2S/c1-2-23-13-18-12(19-20-13)17-10(21)6-16-11(22)8-4-3-7(14)5-9(8)15/h3-5H,2,6H2,1H3,(H,16,22)(H2,17,18,19,20,21). The Balaban J connectivity index is 1.86. The Morgan fingerprint density at radius 3 is 2.83 bits per heavy atom. The minimum atomic E-state index is -0.471. The maximum atomic E-state index is 12.0. The molecular weight excluding hydrogens is 361 g/mol. The predicted octanol–water partition coefficient (Wildman–Crippen LogP) is 2.59. The fraction of sp³-hybridized carbons (Fsp3) is 0.231. The summed E-state index contributed by atoms with van der Waals surface area (Å²) in [6.45, 7) is 1.74. The molecule has 0 atom stereocenters. The predicted molar refractivity (Wildman–Crippen MR) is 90.2 cm³/mol. The number of hydrogen-bond acceptors (Lipinski definition) is 5. The zero-order valence-electron chi connectivity index (χ0n) is 12.0. The number of hydrogen-bond donors (Lipinski definition) is 3. The first kappa shape index (κ1) is 17.6. The van der Waals surface area contributed by atoms with Gasteiger partial charge in [0, 0.05) is 5.02 Å². The Morgan fingerprint density at radius 1 is 1.35 bits per heavy atom. The van der Waals surface area contributed by atoms with E-state index in [4.69, 9.17) is 23.2 Å². The van der Waals surface area contributed by atoms with E-state index in [9.17, 15) is 9.59 Å². The lowest BCUT2D eigenvalue weighted by Crippen LogP contribution is -2.33. The number of halogens is 2. The van der Waals surface area contributed by atoms with E-state index in [1.807, 2.05) is 6.92 Å². The second kappa shape index (κ2) is 8.19. The maximum absolute atomic E-state index is 12.0. The summed E-state index contributed by atoms with van der Waals surface area (Å²) >= 11 is 13.1. The van der Waals surface area contributed by atoms with E-state index >= 15 is 0 Å². The molecule has 0 fully saturated rings. The molecule has 2 rings (SSSR count). The Hall–Kier alpha value is -1.77. The number of carbonyl (C=O) groups excluding carboxylic acids is 2. The SMILES string of the molecule is CCSc1n[nH]c(NC(=O)CNC(=O)c2ccc(Cl)cc2Cl)n1. The molecule has 0 saturated carbocycles. The molecule has 7 nitrogen and oxygen atoms in total. The molecule has 0 aliphatic carbocycles. The van der Waals surface area contributed by atoms with Gasteiger partial charge in [-0.1, -0.05) is 41.9 Å².